The van der Waals surface area contributed by atoms with Crippen molar-refractivity contribution in [3.8, 4) is 0 Å². The van der Waals surface area contributed by atoms with Gasteiger partial charge in [-0.2, -0.15) is 0 Å². The zero-order valence-corrected chi connectivity index (χ0v) is 14.0. The van der Waals surface area contributed by atoms with Crippen LogP contribution in [0.5, 0.6) is 0 Å². The van der Waals surface area contributed by atoms with Crippen molar-refractivity contribution >= 4 is 17.5 Å². The zero-order valence-electron chi connectivity index (χ0n) is 14.0. The number of esters is 1. The first-order chi connectivity index (χ1) is 12.6. The van der Waals surface area contributed by atoms with Crippen molar-refractivity contribution in [2.24, 2.45) is 4.99 Å². The van der Waals surface area contributed by atoms with Crippen molar-refractivity contribution in [3.63, 3.8) is 0 Å². The fraction of sp³-hybridized carbons (Fsp3) is 0.0952. The third kappa shape index (κ3) is 4.13. The molecule has 2 aromatic carbocycles. The van der Waals surface area contributed by atoms with E-state index < -0.39 is 11.8 Å². The monoisotopic (exact) mass is 347 g/mol. The highest BCUT2D eigenvalue weighted by Gasteiger charge is 2.29. The van der Waals surface area contributed by atoms with Gasteiger partial charge in [0, 0.05) is 0 Å². The van der Waals surface area contributed by atoms with Gasteiger partial charge >= 0.3 is 5.97 Å². The van der Waals surface area contributed by atoms with Crippen LogP contribution in [-0.4, -0.2) is 22.6 Å². The van der Waals surface area contributed by atoms with Crippen LogP contribution < -0.4 is 0 Å². The Hall–Kier alpha value is -3.47. The number of carbonyl (C=O) groups is 2. The molecular weight excluding hydrogens is 330 g/mol. The van der Waals surface area contributed by atoms with Crippen LogP contribution in [-0.2, 0) is 27.5 Å². The number of nitrogens with zero attached hydrogens (tertiary/aromatic N) is 1. The average Bonchev–Trinajstić information content (AvgIpc) is 2.68. The zero-order chi connectivity index (χ0) is 18.4. The van der Waals surface area contributed by atoms with E-state index in [1.54, 1.807) is 0 Å². The van der Waals surface area contributed by atoms with E-state index in [0.29, 0.717) is 0 Å². The molecule has 2 aromatic rings. The molecule has 0 aliphatic heterocycles. The summed E-state index contributed by atoms with van der Waals surface area (Å²) in [6.07, 6.45) is 2.37. The van der Waals surface area contributed by atoms with Crippen molar-refractivity contribution in [1.82, 2.24) is 0 Å². The number of ether oxygens (including phenoxy) is 1. The number of ketones is 1. The predicted molar refractivity (Wildman–Crippen MR) is 97.6 cm³/mol. The molecule has 1 aliphatic carbocycles. The summed E-state index contributed by atoms with van der Waals surface area (Å²) in [5.74, 6) is -1.55. The van der Waals surface area contributed by atoms with Crippen LogP contribution in [0.1, 0.15) is 11.1 Å². The second kappa shape index (κ2) is 8.07. The lowest BCUT2D eigenvalue weighted by atomic mass is 9.99. The molecule has 1 N–H and O–H groups in total. The van der Waals surface area contributed by atoms with E-state index in [1.165, 1.54) is 12.2 Å². The van der Waals surface area contributed by atoms with E-state index in [4.69, 9.17) is 4.74 Å². The molecule has 130 valence electrons. The third-order valence-corrected chi connectivity index (χ3v) is 3.80. The molecule has 0 radical (unpaired) electrons. The summed E-state index contributed by atoms with van der Waals surface area (Å²) < 4.78 is 5.24. The maximum absolute atomic E-state index is 12.4. The van der Waals surface area contributed by atoms with E-state index in [1.807, 2.05) is 60.7 Å². The topological polar surface area (TPSA) is 76.0 Å². The molecule has 0 spiro atoms. The molecule has 1 aliphatic rings. The Morgan fingerprint density at radius 2 is 1.54 bits per heavy atom. The molecule has 0 unspecified atom stereocenters. The smallest absolute Gasteiger partial charge is 0.344 e. The van der Waals surface area contributed by atoms with E-state index in [2.05, 4.69) is 4.99 Å². The SMILES string of the molecule is O=C1C=CC(O)=C(C(=O)OCc2ccccc2)C1=NCc1ccccc1. The molecule has 0 fully saturated rings. The molecule has 0 bridgehead atoms. The second-order valence-corrected chi connectivity index (χ2v) is 5.67. The number of rotatable bonds is 5. The molecule has 0 heterocycles. The van der Waals surface area contributed by atoms with Gasteiger partial charge in [-0.15, -0.1) is 0 Å². The van der Waals surface area contributed by atoms with Crippen LogP contribution in [0.2, 0.25) is 0 Å². The summed E-state index contributed by atoms with van der Waals surface area (Å²) in [6, 6.07) is 18.5. The van der Waals surface area contributed by atoms with Gasteiger partial charge in [-0.25, -0.2) is 4.79 Å². The van der Waals surface area contributed by atoms with Gasteiger partial charge in [0.25, 0.3) is 0 Å². The Morgan fingerprint density at radius 1 is 0.923 bits per heavy atom. The van der Waals surface area contributed by atoms with E-state index in [9.17, 15) is 14.7 Å². The van der Waals surface area contributed by atoms with Crippen LogP contribution in [0, 0.1) is 0 Å². The van der Waals surface area contributed by atoms with Crippen molar-refractivity contribution < 1.29 is 19.4 Å². The van der Waals surface area contributed by atoms with Crippen LogP contribution >= 0.6 is 0 Å². The van der Waals surface area contributed by atoms with E-state index >= 15 is 0 Å². The molecule has 0 aromatic heterocycles. The second-order valence-electron chi connectivity index (χ2n) is 5.67. The van der Waals surface area contributed by atoms with Crippen LogP contribution in [0.3, 0.4) is 0 Å². The molecule has 26 heavy (non-hydrogen) atoms. The van der Waals surface area contributed by atoms with Gasteiger partial charge in [0.15, 0.2) is 0 Å². The lowest BCUT2D eigenvalue weighted by Gasteiger charge is -2.13. The Morgan fingerprint density at radius 3 is 2.19 bits per heavy atom. The van der Waals surface area contributed by atoms with Crippen molar-refractivity contribution in [2.75, 3.05) is 0 Å². The summed E-state index contributed by atoms with van der Waals surface area (Å²) in [5, 5.41) is 10.1. The van der Waals surface area contributed by atoms with Crippen LogP contribution in [0.4, 0.5) is 0 Å². The highest BCUT2D eigenvalue weighted by Crippen LogP contribution is 2.17. The lowest BCUT2D eigenvalue weighted by Crippen LogP contribution is -2.26. The number of hydrogen-bond acceptors (Lipinski definition) is 5. The van der Waals surface area contributed by atoms with Gasteiger partial charge < -0.3 is 9.84 Å². The first kappa shape index (κ1) is 17.4. The number of hydrogen-bond donors (Lipinski definition) is 1. The Bertz CT molecular complexity index is 896. The summed E-state index contributed by atoms with van der Waals surface area (Å²) in [7, 11) is 0. The third-order valence-electron chi connectivity index (χ3n) is 3.80. The Labute approximate surface area is 151 Å². The average molecular weight is 347 g/mol. The van der Waals surface area contributed by atoms with Crippen molar-refractivity contribution in [3.05, 3.63) is 95.3 Å². The molecule has 0 saturated heterocycles. The number of aliphatic hydroxyl groups excluding tert-OH is 1. The fourth-order valence-corrected chi connectivity index (χ4v) is 2.47. The summed E-state index contributed by atoms with van der Waals surface area (Å²) >= 11 is 0. The van der Waals surface area contributed by atoms with Gasteiger partial charge in [-0.3, -0.25) is 9.79 Å². The number of carbonyl (C=O) groups excluding carboxylic acids is 2. The summed E-state index contributed by atoms with van der Waals surface area (Å²) in [5.41, 5.74) is 1.40. The largest absolute Gasteiger partial charge is 0.507 e. The molecular formula is C21H17NO4. The molecule has 5 nitrogen and oxygen atoms in total. The van der Waals surface area contributed by atoms with Gasteiger partial charge in [0.05, 0.1) is 6.54 Å². The minimum absolute atomic E-state index is 0.0420. The number of aliphatic hydroxyl groups is 1. The van der Waals surface area contributed by atoms with Crippen molar-refractivity contribution in [1.29, 1.82) is 0 Å². The fourth-order valence-electron chi connectivity index (χ4n) is 2.47. The van der Waals surface area contributed by atoms with Gasteiger partial charge in [0.2, 0.25) is 5.78 Å². The number of allylic oxidation sites excluding steroid dienone is 2. The molecule has 0 atom stereocenters. The summed E-state index contributed by atoms with van der Waals surface area (Å²) in [6.45, 7) is 0.263. The first-order valence-electron chi connectivity index (χ1n) is 8.10. The van der Waals surface area contributed by atoms with E-state index in [-0.39, 0.29) is 30.2 Å². The number of benzene rings is 2. The predicted octanol–water partition coefficient (Wildman–Crippen LogP) is 3.32. The van der Waals surface area contributed by atoms with Gasteiger partial charge in [0.1, 0.15) is 23.7 Å². The van der Waals surface area contributed by atoms with E-state index in [0.717, 1.165) is 11.1 Å². The molecule has 5 heteroatoms. The van der Waals surface area contributed by atoms with Crippen molar-refractivity contribution in [2.45, 2.75) is 13.2 Å². The Balaban J connectivity index is 1.80. The minimum Gasteiger partial charge on any atom is -0.507 e. The first-order valence-corrected chi connectivity index (χ1v) is 8.10. The van der Waals surface area contributed by atoms with Crippen LogP contribution in [0.15, 0.2) is 89.1 Å². The normalized spacial score (nSPS) is 15.4. The summed E-state index contributed by atoms with van der Waals surface area (Å²) in [4.78, 5) is 28.9. The quantitative estimate of drug-likeness (QED) is 0.665. The number of aliphatic imine (C=N–C) groups is 1. The molecule has 0 saturated carbocycles. The van der Waals surface area contributed by atoms with Crippen LogP contribution in [0.25, 0.3) is 0 Å². The highest BCUT2D eigenvalue weighted by atomic mass is 16.5. The molecule has 3 rings (SSSR count). The minimum atomic E-state index is -0.782. The van der Waals surface area contributed by atoms with Gasteiger partial charge in [-0.1, -0.05) is 60.7 Å². The standard InChI is InChI=1S/C21H17NO4/c23-17-11-12-18(24)20(22-13-15-7-3-1-4-8-15)19(17)21(25)26-14-16-9-5-2-6-10-16/h1-12,23H,13-14H2. The molecule has 0 amide bonds. The van der Waals surface area contributed by atoms with Gasteiger partial charge in [-0.05, 0) is 23.3 Å². The Kier molecular flexibility index (Phi) is 5.39. The highest BCUT2D eigenvalue weighted by molar-refractivity contribution is 6.55. The lowest BCUT2D eigenvalue weighted by molar-refractivity contribution is -0.140. The maximum Gasteiger partial charge on any atom is 0.344 e. The maximum atomic E-state index is 12.4.